The van der Waals surface area contributed by atoms with Crippen LogP contribution in [0.15, 0.2) is 28.7 Å². The topological polar surface area (TPSA) is 38.0 Å². The average molecular weight is 295 g/mol. The molecule has 3 rings (SSSR count). The first-order chi connectivity index (χ1) is 8.29. The zero-order valence-corrected chi connectivity index (χ0v) is 11.5. The molecule has 17 heavy (non-hydrogen) atoms. The molecule has 0 saturated heterocycles. The first-order valence-corrected chi connectivity index (χ1v) is 7.29. The number of nitrogens with one attached hydrogen (secondary N) is 1. The van der Waals surface area contributed by atoms with Crippen LogP contribution in [0.5, 0.6) is 0 Å². The van der Waals surface area contributed by atoms with Gasteiger partial charge in [0.1, 0.15) is 0 Å². The van der Waals surface area contributed by atoms with Crippen LogP contribution in [0.1, 0.15) is 24.8 Å². The van der Waals surface area contributed by atoms with Crippen molar-refractivity contribution in [3.8, 4) is 0 Å². The predicted molar refractivity (Wildman–Crippen MR) is 73.3 cm³/mol. The summed E-state index contributed by atoms with van der Waals surface area (Å²) in [5, 5.41) is 0. The number of hydrazine groups is 1. The van der Waals surface area contributed by atoms with Crippen LogP contribution in [0.4, 0.5) is 0 Å². The molecule has 2 nitrogen and oxygen atoms in total. The third-order valence-corrected chi connectivity index (χ3v) is 4.99. The molecule has 0 amide bonds. The van der Waals surface area contributed by atoms with Gasteiger partial charge in [-0.2, -0.15) is 0 Å². The Bertz CT molecular complexity index is 397. The normalized spacial score (nSPS) is 32.2. The minimum atomic E-state index is 0.458. The van der Waals surface area contributed by atoms with E-state index in [2.05, 4.69) is 45.6 Å². The van der Waals surface area contributed by atoms with Gasteiger partial charge >= 0.3 is 0 Å². The van der Waals surface area contributed by atoms with Gasteiger partial charge in [0.15, 0.2) is 0 Å². The molecule has 3 N–H and O–H groups in total. The maximum absolute atomic E-state index is 5.74. The molecular weight excluding hydrogens is 276 g/mol. The van der Waals surface area contributed by atoms with Gasteiger partial charge in [-0.3, -0.25) is 11.3 Å². The van der Waals surface area contributed by atoms with Crippen LogP contribution in [-0.2, 0) is 6.42 Å². The van der Waals surface area contributed by atoms with Crippen molar-refractivity contribution in [1.82, 2.24) is 5.43 Å². The second-order valence-electron chi connectivity index (χ2n) is 5.44. The number of hydrogen-bond acceptors (Lipinski definition) is 2. The minimum absolute atomic E-state index is 0.458. The number of benzene rings is 1. The quantitative estimate of drug-likeness (QED) is 0.662. The highest BCUT2D eigenvalue weighted by molar-refractivity contribution is 9.10. The van der Waals surface area contributed by atoms with Gasteiger partial charge in [-0.05, 0) is 54.7 Å². The van der Waals surface area contributed by atoms with E-state index in [-0.39, 0.29) is 0 Å². The van der Waals surface area contributed by atoms with E-state index in [4.69, 9.17) is 5.84 Å². The maximum atomic E-state index is 5.74. The Kier molecular flexibility index (Phi) is 3.24. The first kappa shape index (κ1) is 11.7. The van der Waals surface area contributed by atoms with E-state index in [0.29, 0.717) is 6.04 Å². The summed E-state index contributed by atoms with van der Waals surface area (Å²) in [4.78, 5) is 0. The van der Waals surface area contributed by atoms with Gasteiger partial charge < -0.3 is 0 Å². The minimum Gasteiger partial charge on any atom is -0.271 e. The Morgan fingerprint density at radius 2 is 2.12 bits per heavy atom. The molecule has 1 aromatic carbocycles. The highest BCUT2D eigenvalue weighted by atomic mass is 79.9. The summed E-state index contributed by atoms with van der Waals surface area (Å²) in [5.74, 6) is 8.49. The lowest BCUT2D eigenvalue weighted by Gasteiger charge is -2.18. The molecular formula is C14H19BrN2. The summed E-state index contributed by atoms with van der Waals surface area (Å²) in [5.41, 5.74) is 4.41. The zero-order valence-electron chi connectivity index (χ0n) is 9.90. The molecule has 0 heterocycles. The van der Waals surface area contributed by atoms with Gasteiger partial charge in [-0.15, -0.1) is 0 Å². The number of nitrogens with two attached hydrogens (primary N) is 1. The van der Waals surface area contributed by atoms with Crippen molar-refractivity contribution in [3.05, 3.63) is 34.3 Å². The van der Waals surface area contributed by atoms with E-state index in [1.165, 1.54) is 24.8 Å². The van der Waals surface area contributed by atoms with Gasteiger partial charge in [0.2, 0.25) is 0 Å². The average Bonchev–Trinajstić information content (AvgIpc) is 2.80. The summed E-state index contributed by atoms with van der Waals surface area (Å²) in [6.07, 6.45) is 5.33. The molecule has 2 fully saturated rings. The van der Waals surface area contributed by atoms with Gasteiger partial charge in [-0.1, -0.05) is 34.5 Å². The van der Waals surface area contributed by atoms with Crippen LogP contribution >= 0.6 is 15.9 Å². The Balaban J connectivity index is 1.66. The van der Waals surface area contributed by atoms with Gasteiger partial charge in [0.05, 0.1) is 0 Å². The van der Waals surface area contributed by atoms with Gasteiger partial charge in [-0.25, -0.2) is 0 Å². The molecule has 2 aliphatic carbocycles. The summed E-state index contributed by atoms with van der Waals surface area (Å²) in [7, 11) is 0. The highest BCUT2D eigenvalue weighted by Gasteiger charge is 2.55. The summed E-state index contributed by atoms with van der Waals surface area (Å²) in [6.45, 7) is 0. The summed E-state index contributed by atoms with van der Waals surface area (Å²) in [6, 6.07) is 9.01. The van der Waals surface area contributed by atoms with E-state index < -0.39 is 0 Å². The van der Waals surface area contributed by atoms with E-state index >= 15 is 0 Å². The molecule has 3 unspecified atom stereocenters. The van der Waals surface area contributed by atoms with Crippen LogP contribution in [0.25, 0.3) is 0 Å². The second-order valence-corrected chi connectivity index (χ2v) is 6.36. The predicted octanol–water partition coefficient (Wildman–Crippen LogP) is 2.87. The lowest BCUT2D eigenvalue weighted by atomic mass is 9.98. The largest absolute Gasteiger partial charge is 0.271 e. The molecule has 0 radical (unpaired) electrons. The molecule has 0 spiro atoms. The molecule has 3 heteroatoms. The number of hydrogen-bond donors (Lipinski definition) is 2. The lowest BCUT2D eigenvalue weighted by molar-refractivity contribution is 0.410. The third-order valence-electron chi connectivity index (χ3n) is 4.50. The fourth-order valence-corrected chi connectivity index (χ4v) is 4.14. The first-order valence-electron chi connectivity index (χ1n) is 6.50. The van der Waals surface area contributed by atoms with Crippen molar-refractivity contribution in [2.24, 2.45) is 23.6 Å². The van der Waals surface area contributed by atoms with Gasteiger partial charge in [0.25, 0.3) is 0 Å². The molecule has 0 aliphatic heterocycles. The number of halogens is 1. The van der Waals surface area contributed by atoms with Crippen molar-refractivity contribution in [3.63, 3.8) is 0 Å². The highest BCUT2D eigenvalue weighted by Crippen LogP contribution is 2.59. The number of rotatable bonds is 4. The Morgan fingerprint density at radius 3 is 2.76 bits per heavy atom. The fraction of sp³-hybridized carbons (Fsp3) is 0.571. The van der Waals surface area contributed by atoms with Gasteiger partial charge in [0, 0.05) is 10.5 Å². The van der Waals surface area contributed by atoms with E-state index in [0.717, 1.165) is 28.6 Å². The Morgan fingerprint density at radius 1 is 1.35 bits per heavy atom. The SMILES string of the molecule is NNC(Cc1cccc(Br)c1)C1C2CCCC21. The number of fused-ring (bicyclic) bond motifs is 1. The molecule has 92 valence electrons. The Labute approximate surface area is 111 Å². The monoisotopic (exact) mass is 294 g/mol. The lowest BCUT2D eigenvalue weighted by Crippen LogP contribution is -2.39. The molecule has 2 aliphatic rings. The van der Waals surface area contributed by atoms with Crippen molar-refractivity contribution in [2.75, 3.05) is 0 Å². The van der Waals surface area contributed by atoms with Crippen LogP contribution in [0, 0.1) is 17.8 Å². The zero-order chi connectivity index (χ0) is 11.8. The maximum Gasteiger partial charge on any atom is 0.0284 e. The molecule has 2 saturated carbocycles. The van der Waals surface area contributed by atoms with Crippen LogP contribution in [-0.4, -0.2) is 6.04 Å². The van der Waals surface area contributed by atoms with E-state index in [1.807, 2.05) is 0 Å². The van der Waals surface area contributed by atoms with Crippen molar-refractivity contribution < 1.29 is 0 Å². The molecule has 0 aromatic heterocycles. The molecule has 1 aromatic rings. The van der Waals surface area contributed by atoms with Crippen molar-refractivity contribution in [2.45, 2.75) is 31.7 Å². The van der Waals surface area contributed by atoms with Crippen LogP contribution in [0.2, 0.25) is 0 Å². The van der Waals surface area contributed by atoms with Crippen molar-refractivity contribution in [1.29, 1.82) is 0 Å². The molecule has 0 bridgehead atoms. The van der Waals surface area contributed by atoms with E-state index in [1.54, 1.807) is 0 Å². The second kappa shape index (κ2) is 4.71. The summed E-state index contributed by atoms with van der Waals surface area (Å²) >= 11 is 3.52. The standard InChI is InChI=1S/C14H19BrN2/c15-10-4-1-3-9(7-10)8-13(17-16)14-11-5-2-6-12(11)14/h1,3-4,7,11-14,17H,2,5-6,8,16H2. The van der Waals surface area contributed by atoms with Crippen LogP contribution < -0.4 is 11.3 Å². The third kappa shape index (κ3) is 2.28. The smallest absolute Gasteiger partial charge is 0.0284 e. The van der Waals surface area contributed by atoms with Crippen LogP contribution in [0.3, 0.4) is 0 Å². The molecule has 3 atom stereocenters. The van der Waals surface area contributed by atoms with E-state index in [9.17, 15) is 0 Å². The Hall–Kier alpha value is -0.380. The fourth-order valence-electron chi connectivity index (χ4n) is 3.70. The summed E-state index contributed by atoms with van der Waals surface area (Å²) < 4.78 is 1.15. The van der Waals surface area contributed by atoms with Crippen molar-refractivity contribution >= 4 is 15.9 Å².